The van der Waals surface area contributed by atoms with Crippen LogP contribution in [0.3, 0.4) is 0 Å². The van der Waals surface area contributed by atoms with Crippen LogP contribution < -0.4 is 14.8 Å². The van der Waals surface area contributed by atoms with Gasteiger partial charge < -0.3 is 14.6 Å². The van der Waals surface area contributed by atoms with E-state index in [-0.39, 0.29) is 5.37 Å². The van der Waals surface area contributed by atoms with Crippen molar-refractivity contribution in [3.8, 4) is 11.5 Å². The molecule has 0 aliphatic carbocycles. The van der Waals surface area contributed by atoms with Gasteiger partial charge in [0.05, 0.1) is 12.0 Å². The molecule has 0 unspecified atom stereocenters. The van der Waals surface area contributed by atoms with E-state index in [2.05, 4.69) is 29.6 Å². The zero-order valence-corrected chi connectivity index (χ0v) is 16.9. The number of carbonyl (C=O) groups is 1. The Bertz CT molecular complexity index is 1020. The van der Waals surface area contributed by atoms with E-state index in [9.17, 15) is 9.90 Å². The Morgan fingerprint density at radius 1 is 1.10 bits per heavy atom. The Hall–Kier alpha value is -2.70. The van der Waals surface area contributed by atoms with Crippen molar-refractivity contribution in [3.05, 3.63) is 71.8 Å². The summed E-state index contributed by atoms with van der Waals surface area (Å²) in [5.74, 6) is 0.567. The molecular formula is C23H23NO4S. The highest BCUT2D eigenvalue weighted by molar-refractivity contribution is 8.01. The van der Waals surface area contributed by atoms with E-state index in [1.165, 1.54) is 22.5 Å². The highest BCUT2D eigenvalue weighted by Crippen LogP contribution is 2.39. The van der Waals surface area contributed by atoms with Crippen LogP contribution in [0.2, 0.25) is 0 Å². The molecule has 0 saturated carbocycles. The second-order valence-electron chi connectivity index (χ2n) is 6.82. The largest absolute Gasteiger partial charge is 0.490 e. The number of nitrogens with one attached hydrogen (secondary N) is 1. The van der Waals surface area contributed by atoms with Crippen LogP contribution in [-0.2, 0) is 11.4 Å². The third kappa shape index (κ3) is 4.33. The molecule has 0 aromatic heterocycles. The first-order chi connectivity index (χ1) is 14.2. The minimum absolute atomic E-state index is 0.0672. The number of benzene rings is 3. The number of fused-ring (bicyclic) bond motifs is 1. The fraction of sp³-hybridized carbons (Fsp3) is 0.261. The number of rotatable bonds is 7. The zero-order chi connectivity index (χ0) is 20.2. The molecule has 1 aliphatic heterocycles. The van der Waals surface area contributed by atoms with Gasteiger partial charge in [0.25, 0.3) is 0 Å². The predicted molar refractivity (Wildman–Crippen MR) is 116 cm³/mol. The summed E-state index contributed by atoms with van der Waals surface area (Å²) in [5, 5.41) is 14.3. The smallest absolute Gasteiger partial charge is 0.318 e. The number of carboxylic acid groups (broad SMARTS) is 1. The minimum atomic E-state index is -0.787. The minimum Gasteiger partial charge on any atom is -0.490 e. The molecule has 1 heterocycles. The molecule has 29 heavy (non-hydrogen) atoms. The third-order valence-electron chi connectivity index (χ3n) is 4.90. The van der Waals surface area contributed by atoms with Crippen LogP contribution in [0.4, 0.5) is 0 Å². The molecule has 3 aromatic carbocycles. The lowest BCUT2D eigenvalue weighted by Gasteiger charge is -2.16. The molecule has 0 spiro atoms. The van der Waals surface area contributed by atoms with Gasteiger partial charge in [-0.3, -0.25) is 10.1 Å². The van der Waals surface area contributed by atoms with Gasteiger partial charge in [0, 0.05) is 6.54 Å². The normalized spacial score (nSPS) is 18.7. The molecule has 3 aromatic rings. The highest BCUT2D eigenvalue weighted by Gasteiger charge is 2.31. The van der Waals surface area contributed by atoms with Crippen molar-refractivity contribution in [2.45, 2.75) is 24.2 Å². The van der Waals surface area contributed by atoms with Gasteiger partial charge in [0.15, 0.2) is 11.5 Å². The third-order valence-corrected chi connectivity index (χ3v) is 6.31. The fourth-order valence-corrected chi connectivity index (χ4v) is 4.60. The molecule has 1 aliphatic rings. The maximum Gasteiger partial charge on any atom is 0.318 e. The van der Waals surface area contributed by atoms with Gasteiger partial charge in [0.2, 0.25) is 0 Å². The summed E-state index contributed by atoms with van der Waals surface area (Å²) in [5.41, 5.74) is 2.10. The molecule has 1 fully saturated rings. The summed E-state index contributed by atoms with van der Waals surface area (Å²) in [6.45, 7) is 3.35. The molecule has 0 bridgehead atoms. The van der Waals surface area contributed by atoms with E-state index in [0.717, 1.165) is 11.1 Å². The van der Waals surface area contributed by atoms with Crippen LogP contribution in [0.1, 0.15) is 23.4 Å². The summed E-state index contributed by atoms with van der Waals surface area (Å²) in [4.78, 5) is 11.2. The van der Waals surface area contributed by atoms with Gasteiger partial charge in [-0.2, -0.15) is 0 Å². The maximum atomic E-state index is 11.2. The second kappa shape index (κ2) is 8.76. The van der Waals surface area contributed by atoms with Crippen LogP contribution in [0.15, 0.2) is 60.7 Å². The zero-order valence-electron chi connectivity index (χ0n) is 16.1. The predicted octanol–water partition coefficient (Wildman–Crippen LogP) is 4.61. The van der Waals surface area contributed by atoms with Crippen molar-refractivity contribution in [3.63, 3.8) is 0 Å². The molecule has 4 rings (SSSR count). The van der Waals surface area contributed by atoms with Crippen molar-refractivity contribution in [1.29, 1.82) is 0 Å². The van der Waals surface area contributed by atoms with Gasteiger partial charge in [-0.15, -0.1) is 11.8 Å². The van der Waals surface area contributed by atoms with E-state index in [4.69, 9.17) is 9.47 Å². The second-order valence-corrected chi connectivity index (χ2v) is 8.13. The molecule has 1 saturated heterocycles. The summed E-state index contributed by atoms with van der Waals surface area (Å²) < 4.78 is 11.9. The first kappa shape index (κ1) is 19.6. The standard InChI is InChI=1S/C23H23NO4S/c1-2-27-20-12-16(22-24-13-21(29-22)23(25)26)10-11-19(20)28-14-17-8-5-7-15-6-3-4-9-18(15)17/h3-12,21-22,24H,2,13-14H2,1H3,(H,25,26)/t21-,22-/m0/s1. The number of ether oxygens (including phenoxy) is 2. The van der Waals surface area contributed by atoms with E-state index in [1.54, 1.807) is 0 Å². The molecule has 150 valence electrons. The number of hydrogen-bond acceptors (Lipinski definition) is 5. The molecule has 2 N–H and O–H groups in total. The number of carboxylic acids is 1. The van der Waals surface area contributed by atoms with Gasteiger partial charge in [-0.05, 0) is 41.0 Å². The Labute approximate surface area is 174 Å². The van der Waals surface area contributed by atoms with Crippen LogP contribution in [0, 0.1) is 0 Å². The van der Waals surface area contributed by atoms with Crippen molar-refractivity contribution < 1.29 is 19.4 Å². The van der Waals surface area contributed by atoms with E-state index in [1.807, 2.05) is 43.3 Å². The fourth-order valence-electron chi connectivity index (χ4n) is 3.47. The van der Waals surface area contributed by atoms with Crippen LogP contribution >= 0.6 is 11.8 Å². The Kier molecular flexibility index (Phi) is 5.92. The van der Waals surface area contributed by atoms with Crippen molar-refractivity contribution in [1.82, 2.24) is 5.32 Å². The van der Waals surface area contributed by atoms with Gasteiger partial charge in [-0.1, -0.05) is 48.5 Å². The first-order valence-electron chi connectivity index (χ1n) is 9.63. The quantitative estimate of drug-likeness (QED) is 0.594. The van der Waals surface area contributed by atoms with E-state index < -0.39 is 11.2 Å². The van der Waals surface area contributed by atoms with Crippen LogP contribution in [-0.4, -0.2) is 29.5 Å². The number of hydrogen-bond donors (Lipinski definition) is 2. The molecule has 5 nitrogen and oxygen atoms in total. The lowest BCUT2D eigenvalue weighted by Crippen LogP contribution is -2.21. The Balaban J connectivity index is 1.53. The topological polar surface area (TPSA) is 67.8 Å². The average Bonchev–Trinajstić information content (AvgIpc) is 3.24. The molecule has 0 amide bonds. The van der Waals surface area contributed by atoms with Crippen LogP contribution in [0.5, 0.6) is 11.5 Å². The van der Waals surface area contributed by atoms with E-state index in [0.29, 0.717) is 31.3 Å². The first-order valence-corrected chi connectivity index (χ1v) is 10.6. The summed E-state index contributed by atoms with van der Waals surface area (Å²) in [7, 11) is 0. The molecule has 6 heteroatoms. The van der Waals surface area contributed by atoms with E-state index >= 15 is 0 Å². The van der Waals surface area contributed by atoms with Gasteiger partial charge >= 0.3 is 5.97 Å². The summed E-state index contributed by atoms with van der Waals surface area (Å²) in [6, 6.07) is 20.3. The highest BCUT2D eigenvalue weighted by atomic mass is 32.2. The monoisotopic (exact) mass is 409 g/mol. The number of aliphatic carboxylic acids is 1. The Morgan fingerprint density at radius 2 is 1.93 bits per heavy atom. The van der Waals surface area contributed by atoms with Crippen molar-refractivity contribution in [2.75, 3.05) is 13.2 Å². The molecular weight excluding hydrogens is 386 g/mol. The summed E-state index contributed by atoms with van der Waals surface area (Å²) >= 11 is 1.41. The van der Waals surface area contributed by atoms with Crippen molar-refractivity contribution >= 4 is 28.5 Å². The van der Waals surface area contributed by atoms with Crippen molar-refractivity contribution in [2.24, 2.45) is 0 Å². The molecule has 2 atom stereocenters. The average molecular weight is 410 g/mol. The lowest BCUT2D eigenvalue weighted by molar-refractivity contribution is -0.136. The molecule has 0 radical (unpaired) electrons. The van der Waals surface area contributed by atoms with Crippen LogP contribution in [0.25, 0.3) is 10.8 Å². The number of thioether (sulfide) groups is 1. The van der Waals surface area contributed by atoms with Gasteiger partial charge in [-0.25, -0.2) is 0 Å². The maximum absolute atomic E-state index is 11.2. The lowest BCUT2D eigenvalue weighted by atomic mass is 10.1. The van der Waals surface area contributed by atoms with Gasteiger partial charge in [0.1, 0.15) is 11.9 Å². The summed E-state index contributed by atoms with van der Waals surface area (Å²) in [6.07, 6.45) is 0. The Morgan fingerprint density at radius 3 is 2.72 bits per heavy atom. The SMILES string of the molecule is CCOc1cc([C@H]2NC[C@@H](C(=O)O)S2)ccc1OCc1cccc2ccccc12.